The van der Waals surface area contributed by atoms with Crippen molar-refractivity contribution in [2.75, 3.05) is 0 Å². The van der Waals surface area contributed by atoms with E-state index in [-0.39, 0.29) is 4.75 Å². The Bertz CT molecular complexity index is 364. The van der Waals surface area contributed by atoms with Crippen LogP contribution in [-0.2, 0) is 6.42 Å². The van der Waals surface area contributed by atoms with Crippen molar-refractivity contribution in [3.63, 3.8) is 0 Å². The maximum atomic E-state index is 4.59. The third-order valence-corrected chi connectivity index (χ3v) is 3.63. The predicted octanol–water partition coefficient (Wildman–Crippen LogP) is 3.20. The van der Waals surface area contributed by atoms with Crippen LogP contribution in [-0.4, -0.2) is 4.75 Å². The summed E-state index contributed by atoms with van der Waals surface area (Å²) in [6.45, 7) is 2.10. The van der Waals surface area contributed by atoms with E-state index in [2.05, 4.69) is 62.5 Å². The second-order valence-electron chi connectivity index (χ2n) is 3.68. The standard InChI is InChI=1S/C11H12S2/c1-11(13)7-9-5-3-2-4-8(9)6-10(11)12/h2-6,12-13H,7H2,1H3. The molecule has 0 amide bonds. The van der Waals surface area contributed by atoms with Crippen LogP contribution in [0.2, 0.25) is 0 Å². The van der Waals surface area contributed by atoms with Crippen LogP contribution in [0.1, 0.15) is 18.1 Å². The van der Waals surface area contributed by atoms with Gasteiger partial charge in [0.25, 0.3) is 0 Å². The number of fused-ring (bicyclic) bond motifs is 1. The van der Waals surface area contributed by atoms with Gasteiger partial charge in [0.05, 0.1) is 0 Å². The molecule has 13 heavy (non-hydrogen) atoms. The van der Waals surface area contributed by atoms with Crippen LogP contribution in [0.15, 0.2) is 29.2 Å². The summed E-state index contributed by atoms with van der Waals surface area (Å²) in [5.41, 5.74) is 2.64. The molecule has 0 heterocycles. The van der Waals surface area contributed by atoms with Crippen LogP contribution >= 0.6 is 25.3 Å². The van der Waals surface area contributed by atoms with Gasteiger partial charge in [-0.05, 0) is 35.5 Å². The first-order valence-corrected chi connectivity index (χ1v) is 5.20. The molecule has 2 rings (SSSR count). The van der Waals surface area contributed by atoms with E-state index >= 15 is 0 Å². The predicted molar refractivity (Wildman–Crippen MR) is 64.5 cm³/mol. The smallest absolute Gasteiger partial charge is 0.0447 e. The molecule has 1 atom stereocenters. The first kappa shape index (κ1) is 9.22. The monoisotopic (exact) mass is 208 g/mol. The minimum Gasteiger partial charge on any atom is -0.167 e. The van der Waals surface area contributed by atoms with E-state index in [9.17, 15) is 0 Å². The maximum absolute atomic E-state index is 4.59. The number of rotatable bonds is 0. The summed E-state index contributed by atoms with van der Waals surface area (Å²) < 4.78 is -0.0997. The Morgan fingerprint density at radius 2 is 2.00 bits per heavy atom. The minimum absolute atomic E-state index is 0.0997. The highest BCUT2D eigenvalue weighted by Gasteiger charge is 2.27. The summed E-state index contributed by atoms with van der Waals surface area (Å²) in [7, 11) is 0. The third kappa shape index (κ3) is 1.65. The number of hydrogen-bond acceptors (Lipinski definition) is 2. The van der Waals surface area contributed by atoms with Crippen molar-refractivity contribution in [3.8, 4) is 0 Å². The van der Waals surface area contributed by atoms with E-state index in [1.807, 2.05) is 0 Å². The van der Waals surface area contributed by atoms with Gasteiger partial charge in [0, 0.05) is 4.75 Å². The van der Waals surface area contributed by atoms with Crippen molar-refractivity contribution in [3.05, 3.63) is 40.3 Å². The molecule has 1 aliphatic carbocycles. The molecule has 0 fully saturated rings. The van der Waals surface area contributed by atoms with Crippen molar-refractivity contribution in [2.45, 2.75) is 18.1 Å². The molecule has 0 bridgehead atoms. The number of hydrogen-bond donors (Lipinski definition) is 2. The number of thiol groups is 2. The van der Waals surface area contributed by atoms with Gasteiger partial charge in [0.2, 0.25) is 0 Å². The minimum atomic E-state index is -0.0997. The average Bonchev–Trinajstić information content (AvgIpc) is 2.06. The summed E-state index contributed by atoms with van der Waals surface area (Å²) in [5, 5.41) is 0. The van der Waals surface area contributed by atoms with Gasteiger partial charge in [-0.2, -0.15) is 12.6 Å². The van der Waals surface area contributed by atoms with E-state index in [0.29, 0.717) is 0 Å². The molecule has 0 spiro atoms. The zero-order valence-corrected chi connectivity index (χ0v) is 9.28. The van der Waals surface area contributed by atoms with E-state index in [1.165, 1.54) is 11.1 Å². The van der Waals surface area contributed by atoms with Gasteiger partial charge >= 0.3 is 0 Å². The maximum Gasteiger partial charge on any atom is 0.0447 e. The lowest BCUT2D eigenvalue weighted by Gasteiger charge is -2.29. The second-order valence-corrected chi connectivity index (χ2v) is 5.15. The van der Waals surface area contributed by atoms with E-state index in [0.717, 1.165) is 11.3 Å². The van der Waals surface area contributed by atoms with Gasteiger partial charge in [0.15, 0.2) is 0 Å². The van der Waals surface area contributed by atoms with Crippen molar-refractivity contribution in [2.24, 2.45) is 0 Å². The molecule has 0 radical (unpaired) electrons. The summed E-state index contributed by atoms with van der Waals surface area (Å²) in [6, 6.07) is 8.40. The summed E-state index contributed by atoms with van der Waals surface area (Å²) in [4.78, 5) is 1.05. The molecule has 0 N–H and O–H groups in total. The average molecular weight is 208 g/mol. The lowest BCUT2D eigenvalue weighted by molar-refractivity contribution is 0.772. The van der Waals surface area contributed by atoms with Gasteiger partial charge in [-0.1, -0.05) is 24.3 Å². The molecule has 0 saturated heterocycles. The van der Waals surface area contributed by atoms with Crippen molar-refractivity contribution >= 4 is 31.3 Å². The van der Waals surface area contributed by atoms with E-state index in [4.69, 9.17) is 0 Å². The first-order chi connectivity index (χ1) is 6.09. The highest BCUT2D eigenvalue weighted by Crippen LogP contribution is 2.37. The third-order valence-electron chi connectivity index (χ3n) is 2.43. The second kappa shape index (κ2) is 3.10. The quantitative estimate of drug-likeness (QED) is 0.601. The largest absolute Gasteiger partial charge is 0.167 e. The zero-order chi connectivity index (χ0) is 9.47. The van der Waals surface area contributed by atoms with Crippen molar-refractivity contribution < 1.29 is 0 Å². The van der Waals surface area contributed by atoms with E-state index in [1.54, 1.807) is 0 Å². The molecular weight excluding hydrogens is 196 g/mol. The Balaban J connectivity index is 2.53. The molecule has 2 heteroatoms. The fourth-order valence-electron chi connectivity index (χ4n) is 1.60. The molecule has 0 nitrogen and oxygen atoms in total. The lowest BCUT2D eigenvalue weighted by atomic mass is 9.90. The first-order valence-electron chi connectivity index (χ1n) is 4.31. The van der Waals surface area contributed by atoms with Gasteiger partial charge in [-0.3, -0.25) is 0 Å². The fraction of sp³-hybridized carbons (Fsp3) is 0.273. The van der Waals surface area contributed by atoms with Gasteiger partial charge in [-0.25, -0.2) is 0 Å². The number of benzene rings is 1. The molecular formula is C11H12S2. The Morgan fingerprint density at radius 3 is 2.77 bits per heavy atom. The van der Waals surface area contributed by atoms with Crippen LogP contribution in [0.25, 0.3) is 6.08 Å². The summed E-state index contributed by atoms with van der Waals surface area (Å²) in [6.07, 6.45) is 3.07. The lowest BCUT2D eigenvalue weighted by Crippen LogP contribution is -2.23. The van der Waals surface area contributed by atoms with Gasteiger partial charge in [-0.15, -0.1) is 12.6 Å². The van der Waals surface area contributed by atoms with Crippen LogP contribution in [0.3, 0.4) is 0 Å². The van der Waals surface area contributed by atoms with Gasteiger partial charge < -0.3 is 0 Å². The topological polar surface area (TPSA) is 0 Å². The highest BCUT2D eigenvalue weighted by atomic mass is 32.1. The van der Waals surface area contributed by atoms with Crippen molar-refractivity contribution in [1.82, 2.24) is 0 Å². The Hall–Kier alpha value is -0.340. The molecule has 0 aliphatic heterocycles. The van der Waals surface area contributed by atoms with Crippen LogP contribution in [0.4, 0.5) is 0 Å². The van der Waals surface area contributed by atoms with Gasteiger partial charge in [0.1, 0.15) is 0 Å². The molecule has 1 aromatic carbocycles. The Kier molecular flexibility index (Phi) is 2.20. The van der Waals surface area contributed by atoms with E-state index < -0.39 is 0 Å². The molecule has 1 aliphatic rings. The fourth-order valence-corrected chi connectivity index (χ4v) is 2.05. The summed E-state index contributed by atoms with van der Waals surface area (Å²) >= 11 is 9.04. The molecule has 1 unspecified atom stereocenters. The normalized spacial score (nSPS) is 26.5. The van der Waals surface area contributed by atoms with Crippen molar-refractivity contribution in [1.29, 1.82) is 0 Å². The van der Waals surface area contributed by atoms with Crippen LogP contribution in [0.5, 0.6) is 0 Å². The molecule has 1 aromatic rings. The molecule has 68 valence electrons. The zero-order valence-electron chi connectivity index (χ0n) is 7.49. The van der Waals surface area contributed by atoms with Crippen LogP contribution < -0.4 is 0 Å². The molecule has 0 aromatic heterocycles. The Labute approximate surface area is 89.9 Å². The summed E-state index contributed by atoms with van der Waals surface area (Å²) in [5.74, 6) is 0. The van der Waals surface area contributed by atoms with Crippen LogP contribution in [0, 0.1) is 0 Å². The highest BCUT2D eigenvalue weighted by molar-refractivity contribution is 7.88. The Morgan fingerprint density at radius 1 is 1.31 bits per heavy atom. The SMILES string of the molecule is CC1(S)Cc2ccccc2C=C1S. The molecule has 0 saturated carbocycles.